The molecular formula is C17H20N2O2. The monoisotopic (exact) mass is 284 g/mol. The van der Waals surface area contributed by atoms with Crippen molar-refractivity contribution >= 4 is 5.78 Å². The topological polar surface area (TPSA) is 65.2 Å². The van der Waals surface area contributed by atoms with Gasteiger partial charge in [-0.1, -0.05) is 30.3 Å². The fourth-order valence-electron chi connectivity index (χ4n) is 2.04. The molecule has 21 heavy (non-hydrogen) atoms. The quantitative estimate of drug-likeness (QED) is 0.828. The summed E-state index contributed by atoms with van der Waals surface area (Å²) in [5.41, 5.74) is 7.56. The molecule has 1 aromatic carbocycles. The molecule has 0 aliphatic carbocycles. The molecule has 2 aromatic rings. The molecule has 4 nitrogen and oxygen atoms in total. The minimum Gasteiger partial charge on any atom is -0.489 e. The smallest absolute Gasteiger partial charge is 0.166 e. The Kier molecular flexibility index (Phi) is 5.06. The lowest BCUT2D eigenvalue weighted by atomic mass is 9.99. The zero-order valence-corrected chi connectivity index (χ0v) is 12.3. The van der Waals surface area contributed by atoms with Crippen molar-refractivity contribution in [3.63, 3.8) is 0 Å². The van der Waals surface area contributed by atoms with Gasteiger partial charge in [-0.15, -0.1) is 0 Å². The van der Waals surface area contributed by atoms with Gasteiger partial charge in [0.2, 0.25) is 0 Å². The molecule has 2 rings (SSSR count). The first-order chi connectivity index (χ1) is 10.1. The van der Waals surface area contributed by atoms with Crippen LogP contribution in [0.5, 0.6) is 5.75 Å². The summed E-state index contributed by atoms with van der Waals surface area (Å²) in [4.78, 5) is 16.3. The molecule has 0 amide bonds. The lowest BCUT2D eigenvalue weighted by Crippen LogP contribution is -2.16. The Morgan fingerprint density at radius 3 is 2.62 bits per heavy atom. The highest BCUT2D eigenvalue weighted by atomic mass is 16.5. The first-order valence-corrected chi connectivity index (χ1v) is 7.01. The maximum atomic E-state index is 12.3. The Bertz CT molecular complexity index is 597. The number of carbonyl (C=O) groups excluding carboxylic acids is 1. The van der Waals surface area contributed by atoms with Gasteiger partial charge in [-0.25, -0.2) is 0 Å². The summed E-state index contributed by atoms with van der Waals surface area (Å²) in [5, 5.41) is 0. The summed E-state index contributed by atoms with van der Waals surface area (Å²) in [6, 6.07) is 11.0. The third-order valence-electron chi connectivity index (χ3n) is 3.04. The lowest BCUT2D eigenvalue weighted by Gasteiger charge is -2.12. The van der Waals surface area contributed by atoms with Crippen molar-refractivity contribution in [1.82, 2.24) is 4.98 Å². The molecule has 0 aliphatic rings. The van der Waals surface area contributed by atoms with Crippen molar-refractivity contribution in [1.29, 1.82) is 0 Å². The van der Waals surface area contributed by atoms with Gasteiger partial charge in [0.05, 0.1) is 12.3 Å². The van der Waals surface area contributed by atoms with E-state index in [1.165, 1.54) is 0 Å². The molecule has 0 saturated carbocycles. The summed E-state index contributed by atoms with van der Waals surface area (Å²) >= 11 is 0. The van der Waals surface area contributed by atoms with Crippen LogP contribution < -0.4 is 10.5 Å². The number of carbonyl (C=O) groups is 1. The lowest BCUT2D eigenvalue weighted by molar-refractivity contribution is 0.0973. The molecule has 0 fully saturated rings. The molecule has 1 aromatic heterocycles. The van der Waals surface area contributed by atoms with Crippen molar-refractivity contribution in [2.75, 3.05) is 0 Å². The summed E-state index contributed by atoms with van der Waals surface area (Å²) in [6.45, 7) is 3.86. The van der Waals surface area contributed by atoms with Crippen LogP contribution in [0.2, 0.25) is 0 Å². The fourth-order valence-corrected chi connectivity index (χ4v) is 2.04. The Balaban J connectivity index is 2.06. The average molecular weight is 284 g/mol. The van der Waals surface area contributed by atoms with Gasteiger partial charge in [-0.2, -0.15) is 0 Å². The molecule has 0 spiro atoms. The maximum absolute atomic E-state index is 12.3. The summed E-state index contributed by atoms with van der Waals surface area (Å²) in [6.07, 6.45) is 3.45. The zero-order chi connectivity index (χ0) is 15.2. The van der Waals surface area contributed by atoms with Crippen LogP contribution in [-0.2, 0) is 0 Å². The number of nitrogens with zero attached hydrogens (tertiary/aromatic N) is 1. The minimum atomic E-state index is -0.312. The normalized spacial score (nSPS) is 12.2. The molecular weight excluding hydrogens is 264 g/mol. The van der Waals surface area contributed by atoms with E-state index in [2.05, 4.69) is 4.98 Å². The van der Waals surface area contributed by atoms with Gasteiger partial charge in [0.1, 0.15) is 5.75 Å². The largest absolute Gasteiger partial charge is 0.489 e. The van der Waals surface area contributed by atoms with E-state index < -0.39 is 0 Å². The number of benzene rings is 1. The van der Waals surface area contributed by atoms with Gasteiger partial charge >= 0.3 is 0 Å². The Morgan fingerprint density at radius 1 is 1.24 bits per heavy atom. The number of hydrogen-bond donors (Lipinski definition) is 1. The first-order valence-electron chi connectivity index (χ1n) is 7.01. The van der Waals surface area contributed by atoms with Crippen LogP contribution in [0.4, 0.5) is 0 Å². The summed E-state index contributed by atoms with van der Waals surface area (Å²) < 4.78 is 5.55. The van der Waals surface area contributed by atoms with Crippen molar-refractivity contribution in [2.24, 2.45) is 5.73 Å². The summed E-state index contributed by atoms with van der Waals surface area (Å²) in [5.74, 6) is 0.567. The maximum Gasteiger partial charge on any atom is 0.166 e. The molecule has 4 heteroatoms. The number of hydrogen-bond acceptors (Lipinski definition) is 4. The molecule has 0 radical (unpaired) electrons. The second-order valence-electron chi connectivity index (χ2n) is 5.22. The van der Waals surface area contributed by atoms with Crippen LogP contribution in [0.3, 0.4) is 0 Å². The zero-order valence-electron chi connectivity index (χ0n) is 12.3. The van der Waals surface area contributed by atoms with Crippen molar-refractivity contribution in [3.05, 3.63) is 59.9 Å². The van der Waals surface area contributed by atoms with Crippen molar-refractivity contribution < 1.29 is 9.53 Å². The number of pyridine rings is 1. The second kappa shape index (κ2) is 6.99. The van der Waals surface area contributed by atoms with E-state index in [9.17, 15) is 4.79 Å². The number of rotatable bonds is 6. The third kappa shape index (κ3) is 4.39. The number of ether oxygens (including phenoxy) is 1. The molecule has 0 bridgehead atoms. The van der Waals surface area contributed by atoms with Gasteiger partial charge in [-0.05, 0) is 25.5 Å². The van der Waals surface area contributed by atoms with Crippen molar-refractivity contribution in [2.45, 2.75) is 32.4 Å². The Hall–Kier alpha value is -2.20. The predicted molar refractivity (Wildman–Crippen MR) is 82.3 cm³/mol. The highest BCUT2D eigenvalue weighted by molar-refractivity contribution is 5.96. The molecule has 0 aliphatic heterocycles. The van der Waals surface area contributed by atoms with Crippen LogP contribution in [0.15, 0.2) is 48.8 Å². The molecule has 2 N–H and O–H groups in total. The number of Topliss-reactive ketones (excluding diaryl/α,β-unsaturated/α-hetero) is 1. The Morgan fingerprint density at radius 2 is 1.95 bits per heavy atom. The molecule has 1 unspecified atom stereocenters. The number of aromatic nitrogens is 1. The van der Waals surface area contributed by atoms with Gasteiger partial charge in [0.25, 0.3) is 0 Å². The van der Waals surface area contributed by atoms with E-state index in [1.807, 2.05) is 44.2 Å². The highest BCUT2D eigenvalue weighted by Gasteiger charge is 2.14. The van der Waals surface area contributed by atoms with Crippen LogP contribution in [0.25, 0.3) is 0 Å². The number of nitrogens with two attached hydrogens (primary N) is 1. The van der Waals surface area contributed by atoms with Crippen LogP contribution in [0.1, 0.15) is 42.2 Å². The van der Waals surface area contributed by atoms with Crippen LogP contribution >= 0.6 is 0 Å². The van der Waals surface area contributed by atoms with Crippen LogP contribution in [-0.4, -0.2) is 16.9 Å². The molecule has 1 atom stereocenters. The first kappa shape index (κ1) is 15.2. The van der Waals surface area contributed by atoms with Gasteiger partial charge < -0.3 is 10.5 Å². The van der Waals surface area contributed by atoms with E-state index >= 15 is 0 Å². The SMILES string of the molecule is CC(C)Oc1cncc(C(=O)CC(N)c2ccccc2)c1. The van der Waals surface area contributed by atoms with E-state index in [1.54, 1.807) is 18.5 Å². The average Bonchev–Trinajstić information content (AvgIpc) is 2.47. The van der Waals surface area contributed by atoms with E-state index in [0.717, 1.165) is 5.56 Å². The Labute approximate surface area is 125 Å². The van der Waals surface area contributed by atoms with Crippen molar-refractivity contribution in [3.8, 4) is 5.75 Å². The van der Waals surface area contributed by atoms with Gasteiger partial charge in [0, 0.05) is 24.2 Å². The molecule has 110 valence electrons. The van der Waals surface area contributed by atoms with E-state index in [0.29, 0.717) is 11.3 Å². The minimum absolute atomic E-state index is 0.0342. The van der Waals surface area contributed by atoms with Crippen LogP contribution in [0, 0.1) is 0 Å². The third-order valence-corrected chi connectivity index (χ3v) is 3.04. The fraction of sp³-hybridized carbons (Fsp3) is 0.294. The second-order valence-corrected chi connectivity index (χ2v) is 5.22. The molecule has 0 saturated heterocycles. The van der Waals surface area contributed by atoms with Gasteiger partial charge in [-0.3, -0.25) is 9.78 Å². The van der Waals surface area contributed by atoms with Gasteiger partial charge in [0.15, 0.2) is 5.78 Å². The van der Waals surface area contributed by atoms with E-state index in [-0.39, 0.29) is 24.3 Å². The standard InChI is InChI=1S/C17H20N2O2/c1-12(2)21-15-8-14(10-19-11-15)17(20)9-16(18)13-6-4-3-5-7-13/h3-8,10-12,16H,9,18H2,1-2H3. The predicted octanol–water partition coefficient (Wildman–Crippen LogP) is 3.14. The highest BCUT2D eigenvalue weighted by Crippen LogP contribution is 2.19. The number of ketones is 1. The summed E-state index contributed by atoms with van der Waals surface area (Å²) in [7, 11) is 0. The molecule has 1 heterocycles. The van der Waals surface area contributed by atoms with E-state index in [4.69, 9.17) is 10.5 Å².